The van der Waals surface area contributed by atoms with Crippen molar-refractivity contribution in [2.75, 3.05) is 45.3 Å². The molecule has 0 spiro atoms. The maximum absolute atomic E-state index is 12.2. The van der Waals surface area contributed by atoms with Crippen molar-refractivity contribution in [2.24, 2.45) is 5.92 Å². The van der Waals surface area contributed by atoms with Crippen LogP contribution in [0.1, 0.15) is 19.3 Å². The number of nitrogens with one attached hydrogen (secondary N) is 2. The summed E-state index contributed by atoms with van der Waals surface area (Å²) in [6, 6.07) is 5.48. The fourth-order valence-electron chi connectivity index (χ4n) is 3.16. The Morgan fingerprint density at radius 1 is 1.25 bits per heavy atom. The summed E-state index contributed by atoms with van der Waals surface area (Å²) in [7, 11) is 2.00. The number of carbonyl (C=O) groups is 1. The van der Waals surface area contributed by atoms with Gasteiger partial charge in [0.2, 0.25) is 12.7 Å². The summed E-state index contributed by atoms with van der Waals surface area (Å²) in [5.74, 6) is 2.23. The Bertz CT molecular complexity index is 548. The van der Waals surface area contributed by atoms with E-state index in [-0.39, 0.29) is 25.1 Å². The fourth-order valence-corrected chi connectivity index (χ4v) is 3.16. The molecule has 0 unspecified atom stereocenters. The molecular formula is C17H26ClN3O3. The van der Waals surface area contributed by atoms with Gasteiger partial charge in [0.25, 0.3) is 0 Å². The van der Waals surface area contributed by atoms with Crippen LogP contribution in [0.3, 0.4) is 0 Å². The van der Waals surface area contributed by atoms with Crippen molar-refractivity contribution < 1.29 is 14.3 Å². The monoisotopic (exact) mass is 355 g/mol. The van der Waals surface area contributed by atoms with Crippen molar-refractivity contribution in [3.8, 4) is 11.5 Å². The Balaban J connectivity index is 0.00000208. The molecule has 24 heavy (non-hydrogen) atoms. The lowest BCUT2D eigenvalue weighted by Gasteiger charge is -2.31. The van der Waals surface area contributed by atoms with E-state index < -0.39 is 0 Å². The second kappa shape index (κ2) is 9.11. The SMILES string of the molecule is CNCCC1CCN(CC(=O)Nc2ccc3c(c2)OCO3)CC1.Cl. The molecule has 0 aliphatic carbocycles. The Kier molecular flexibility index (Phi) is 7.15. The van der Waals surface area contributed by atoms with E-state index in [0.29, 0.717) is 12.3 Å². The van der Waals surface area contributed by atoms with E-state index in [2.05, 4.69) is 15.5 Å². The Hall–Kier alpha value is -1.50. The standard InChI is InChI=1S/C17H25N3O3.ClH/c1-18-7-4-13-5-8-20(9-6-13)11-17(21)19-14-2-3-15-16(10-14)23-12-22-15;/h2-3,10,13,18H,4-9,11-12H2,1H3,(H,19,21);1H. The molecule has 7 heteroatoms. The molecule has 2 aliphatic heterocycles. The van der Waals surface area contributed by atoms with E-state index in [0.717, 1.165) is 37.0 Å². The van der Waals surface area contributed by atoms with Crippen LogP contribution in [-0.2, 0) is 4.79 Å². The number of ether oxygens (including phenoxy) is 2. The predicted octanol–water partition coefficient (Wildman–Crippen LogP) is 2.10. The van der Waals surface area contributed by atoms with Gasteiger partial charge in [-0.15, -0.1) is 12.4 Å². The molecule has 0 radical (unpaired) electrons. The molecule has 1 fully saturated rings. The van der Waals surface area contributed by atoms with Gasteiger partial charge in [0.15, 0.2) is 11.5 Å². The molecule has 0 aromatic heterocycles. The molecule has 2 aliphatic rings. The average Bonchev–Trinajstić information content (AvgIpc) is 3.02. The van der Waals surface area contributed by atoms with Crippen LogP contribution in [-0.4, -0.2) is 50.8 Å². The molecule has 1 amide bonds. The predicted molar refractivity (Wildman–Crippen MR) is 96.2 cm³/mol. The molecule has 0 bridgehead atoms. The number of likely N-dealkylation sites (tertiary alicyclic amines) is 1. The first-order valence-electron chi connectivity index (χ1n) is 8.31. The van der Waals surface area contributed by atoms with Gasteiger partial charge in [0.05, 0.1) is 6.54 Å². The molecule has 0 atom stereocenters. The highest BCUT2D eigenvalue weighted by atomic mass is 35.5. The number of anilines is 1. The smallest absolute Gasteiger partial charge is 0.238 e. The molecule has 2 heterocycles. The van der Waals surface area contributed by atoms with E-state index in [1.165, 1.54) is 19.3 Å². The normalized spacial score (nSPS) is 17.4. The Morgan fingerprint density at radius 3 is 2.75 bits per heavy atom. The number of piperidine rings is 1. The van der Waals surface area contributed by atoms with Crippen molar-refractivity contribution >= 4 is 24.0 Å². The quantitative estimate of drug-likeness (QED) is 0.818. The number of carbonyl (C=O) groups excluding carboxylic acids is 1. The van der Waals surface area contributed by atoms with E-state index in [9.17, 15) is 4.79 Å². The topological polar surface area (TPSA) is 62.8 Å². The third-order valence-electron chi connectivity index (χ3n) is 4.53. The number of rotatable bonds is 6. The fraction of sp³-hybridized carbons (Fsp3) is 0.588. The molecule has 0 saturated carbocycles. The first-order chi connectivity index (χ1) is 11.2. The van der Waals surface area contributed by atoms with Crippen molar-refractivity contribution in [1.29, 1.82) is 0 Å². The van der Waals surface area contributed by atoms with Crippen molar-refractivity contribution in [3.63, 3.8) is 0 Å². The molecular weight excluding hydrogens is 330 g/mol. The Morgan fingerprint density at radius 2 is 2.00 bits per heavy atom. The van der Waals surface area contributed by atoms with Gasteiger partial charge in [0, 0.05) is 11.8 Å². The number of hydrogen-bond acceptors (Lipinski definition) is 5. The highest BCUT2D eigenvalue weighted by Crippen LogP contribution is 2.34. The first kappa shape index (κ1) is 18.8. The van der Waals surface area contributed by atoms with Crippen LogP contribution in [0.5, 0.6) is 11.5 Å². The van der Waals surface area contributed by atoms with E-state index in [1.807, 2.05) is 25.2 Å². The lowest BCUT2D eigenvalue weighted by molar-refractivity contribution is -0.117. The van der Waals surface area contributed by atoms with Gasteiger partial charge in [-0.2, -0.15) is 0 Å². The number of nitrogens with zero attached hydrogens (tertiary/aromatic N) is 1. The number of amides is 1. The van der Waals surface area contributed by atoms with Crippen LogP contribution in [0.15, 0.2) is 18.2 Å². The zero-order chi connectivity index (χ0) is 16.1. The van der Waals surface area contributed by atoms with Crippen LogP contribution in [0.25, 0.3) is 0 Å². The number of hydrogen-bond donors (Lipinski definition) is 2. The van der Waals surface area contributed by atoms with E-state index >= 15 is 0 Å². The van der Waals surface area contributed by atoms with Crippen molar-refractivity contribution in [3.05, 3.63) is 18.2 Å². The third kappa shape index (κ3) is 5.00. The highest BCUT2D eigenvalue weighted by molar-refractivity contribution is 5.92. The first-order valence-corrected chi connectivity index (χ1v) is 8.31. The van der Waals surface area contributed by atoms with Gasteiger partial charge in [-0.3, -0.25) is 9.69 Å². The minimum absolute atomic E-state index is 0. The summed E-state index contributed by atoms with van der Waals surface area (Å²) in [4.78, 5) is 14.4. The van der Waals surface area contributed by atoms with Crippen LogP contribution >= 0.6 is 12.4 Å². The molecule has 6 nitrogen and oxygen atoms in total. The average molecular weight is 356 g/mol. The lowest BCUT2D eigenvalue weighted by atomic mass is 9.93. The van der Waals surface area contributed by atoms with Crippen LogP contribution in [0.4, 0.5) is 5.69 Å². The van der Waals surface area contributed by atoms with Crippen LogP contribution in [0, 0.1) is 5.92 Å². The highest BCUT2D eigenvalue weighted by Gasteiger charge is 2.21. The van der Waals surface area contributed by atoms with Gasteiger partial charge in [-0.1, -0.05) is 0 Å². The Labute approximate surface area is 149 Å². The summed E-state index contributed by atoms with van der Waals surface area (Å²) < 4.78 is 10.6. The van der Waals surface area contributed by atoms with E-state index in [4.69, 9.17) is 9.47 Å². The molecule has 1 aromatic rings. The van der Waals surface area contributed by atoms with Gasteiger partial charge in [0.1, 0.15) is 0 Å². The third-order valence-corrected chi connectivity index (χ3v) is 4.53. The molecule has 134 valence electrons. The zero-order valence-corrected chi connectivity index (χ0v) is 14.9. The second-order valence-corrected chi connectivity index (χ2v) is 6.23. The maximum Gasteiger partial charge on any atom is 0.238 e. The van der Waals surface area contributed by atoms with Crippen molar-refractivity contribution in [2.45, 2.75) is 19.3 Å². The second-order valence-electron chi connectivity index (χ2n) is 6.23. The molecule has 1 saturated heterocycles. The number of fused-ring (bicyclic) bond motifs is 1. The number of benzene rings is 1. The maximum atomic E-state index is 12.2. The van der Waals surface area contributed by atoms with Gasteiger partial charge >= 0.3 is 0 Å². The molecule has 2 N–H and O–H groups in total. The summed E-state index contributed by atoms with van der Waals surface area (Å²) >= 11 is 0. The van der Waals surface area contributed by atoms with Crippen LogP contribution < -0.4 is 20.1 Å². The van der Waals surface area contributed by atoms with Gasteiger partial charge in [-0.25, -0.2) is 0 Å². The number of halogens is 1. The lowest BCUT2D eigenvalue weighted by Crippen LogP contribution is -2.39. The molecule has 3 rings (SSSR count). The minimum Gasteiger partial charge on any atom is -0.454 e. The minimum atomic E-state index is 0. The van der Waals surface area contributed by atoms with Gasteiger partial charge in [-0.05, 0) is 64.0 Å². The zero-order valence-electron chi connectivity index (χ0n) is 14.0. The summed E-state index contributed by atoms with van der Waals surface area (Å²) in [6.07, 6.45) is 3.59. The largest absolute Gasteiger partial charge is 0.454 e. The summed E-state index contributed by atoms with van der Waals surface area (Å²) in [5, 5.41) is 6.14. The summed E-state index contributed by atoms with van der Waals surface area (Å²) in [5.41, 5.74) is 0.753. The van der Waals surface area contributed by atoms with E-state index in [1.54, 1.807) is 0 Å². The molecule has 1 aromatic carbocycles. The van der Waals surface area contributed by atoms with Crippen molar-refractivity contribution in [1.82, 2.24) is 10.2 Å². The summed E-state index contributed by atoms with van der Waals surface area (Å²) in [6.45, 7) is 3.78. The van der Waals surface area contributed by atoms with Gasteiger partial charge < -0.3 is 20.1 Å². The van der Waals surface area contributed by atoms with Crippen LogP contribution in [0.2, 0.25) is 0 Å².